The molecule has 0 aromatic rings. The highest BCUT2D eigenvalue weighted by Gasteiger charge is 2.14. The Hall–Kier alpha value is -0.505. The second-order valence-corrected chi connectivity index (χ2v) is 2.22. The summed E-state index contributed by atoms with van der Waals surface area (Å²) in [5.41, 5.74) is 2.55. The lowest BCUT2D eigenvalue weighted by Gasteiger charge is -1.68. The van der Waals surface area contributed by atoms with Crippen molar-refractivity contribution >= 4 is 19.3 Å². The summed E-state index contributed by atoms with van der Waals surface area (Å²) in [7, 11) is 0. The Kier molecular flexibility index (Phi) is 2.32. The number of fused-ring (bicyclic) bond motifs is 1. The lowest BCUT2D eigenvalue weighted by Crippen LogP contribution is -1.75. The molecule has 0 saturated carbocycles. The maximum Gasteiger partial charge on any atom is 0.482 e. The molecule has 10 heavy (non-hydrogen) atoms. The lowest BCUT2D eigenvalue weighted by molar-refractivity contribution is 0.448. The van der Waals surface area contributed by atoms with Gasteiger partial charge in [-0.1, -0.05) is 17.7 Å². The molecule has 2 aliphatic rings. The van der Waals surface area contributed by atoms with E-state index in [9.17, 15) is 0 Å². The topological polar surface area (TPSA) is 40.5 Å². The number of hydrogen-bond donors (Lipinski definition) is 2. The number of halogens is 1. The maximum absolute atomic E-state index is 7.00. The van der Waals surface area contributed by atoms with Crippen molar-refractivity contribution in [3.8, 4) is 11.1 Å². The van der Waals surface area contributed by atoms with E-state index in [1.165, 1.54) is 11.1 Å². The lowest BCUT2D eigenvalue weighted by atomic mass is 10.5. The van der Waals surface area contributed by atoms with Crippen molar-refractivity contribution in [1.29, 1.82) is 0 Å². The van der Waals surface area contributed by atoms with Gasteiger partial charge in [-0.15, -0.1) is 0 Å². The highest BCUT2D eigenvalue weighted by Crippen LogP contribution is 2.40. The second-order valence-electron chi connectivity index (χ2n) is 1.81. The Labute approximate surface area is 64.4 Å². The molecule has 0 saturated heterocycles. The molecule has 4 heteroatoms. The van der Waals surface area contributed by atoms with E-state index in [-0.39, 0.29) is 7.69 Å². The third-order valence-electron chi connectivity index (χ3n) is 1.19. The van der Waals surface area contributed by atoms with E-state index in [0.717, 1.165) is 5.02 Å². The first-order valence-electron chi connectivity index (χ1n) is 2.69. The Bertz CT molecular complexity index is 239. The average Bonchev–Trinajstić information content (AvgIpc) is 2.57. The fraction of sp³-hybridized carbons (Fsp3) is 0. The van der Waals surface area contributed by atoms with Crippen molar-refractivity contribution < 1.29 is 10.0 Å². The summed E-state index contributed by atoms with van der Waals surface area (Å²) in [6.07, 6.45) is 0. The minimum Gasteiger partial charge on any atom is -0.429 e. The Morgan fingerprint density at radius 1 is 1.30 bits per heavy atom. The first-order valence-corrected chi connectivity index (χ1v) is 3.07. The summed E-state index contributed by atoms with van der Waals surface area (Å²) in [5, 5.41) is 14.9. The van der Waals surface area contributed by atoms with Crippen molar-refractivity contribution in [2.24, 2.45) is 0 Å². The molecule has 0 aliphatic heterocycles. The minimum absolute atomic E-state index is 0. The number of hydrogen-bond acceptors (Lipinski definition) is 2. The molecule has 0 spiro atoms. The summed E-state index contributed by atoms with van der Waals surface area (Å²) in [4.78, 5) is 0. The molecule has 0 aromatic carbocycles. The molecule has 2 rings (SSSR count). The summed E-state index contributed by atoms with van der Waals surface area (Å²) in [5.74, 6) is 0. The fourth-order valence-electron chi connectivity index (χ4n) is 0.717. The zero-order valence-corrected chi connectivity index (χ0v) is 5.84. The van der Waals surface area contributed by atoms with E-state index in [1.807, 2.05) is 12.1 Å². The van der Waals surface area contributed by atoms with Gasteiger partial charge in [0.15, 0.2) is 0 Å². The van der Waals surface area contributed by atoms with Crippen LogP contribution in [0.25, 0.3) is 11.1 Å². The molecule has 0 unspecified atom stereocenters. The zero-order valence-electron chi connectivity index (χ0n) is 5.08. The quantitative estimate of drug-likeness (QED) is 0.553. The molecule has 1 radical (unpaired) electrons. The SMILES string of the molecule is Clc1ccc2cc1-2.O[B]O. The summed E-state index contributed by atoms with van der Waals surface area (Å²) >= 11 is 5.65. The van der Waals surface area contributed by atoms with Crippen molar-refractivity contribution in [2.75, 3.05) is 0 Å². The van der Waals surface area contributed by atoms with E-state index in [0.29, 0.717) is 0 Å². The molecular formula is C6H5BClO2. The van der Waals surface area contributed by atoms with Crippen LogP contribution in [-0.4, -0.2) is 17.7 Å². The van der Waals surface area contributed by atoms with Gasteiger partial charge in [-0.3, -0.25) is 0 Å². The van der Waals surface area contributed by atoms with E-state index < -0.39 is 0 Å². The summed E-state index contributed by atoms with van der Waals surface area (Å²) in [6.45, 7) is 0. The smallest absolute Gasteiger partial charge is 0.429 e. The molecule has 0 bridgehead atoms. The molecule has 0 heterocycles. The van der Waals surface area contributed by atoms with Crippen molar-refractivity contribution in [3.63, 3.8) is 0 Å². The largest absolute Gasteiger partial charge is 0.482 e. The highest BCUT2D eigenvalue weighted by atomic mass is 35.5. The molecule has 2 aliphatic carbocycles. The Balaban J connectivity index is 0.000000148. The van der Waals surface area contributed by atoms with E-state index in [4.69, 9.17) is 21.6 Å². The molecule has 0 atom stereocenters. The van der Waals surface area contributed by atoms with Crippen LogP contribution in [0, 0.1) is 0 Å². The number of rotatable bonds is 0. The zero-order chi connectivity index (χ0) is 7.56. The average molecular weight is 155 g/mol. The van der Waals surface area contributed by atoms with Crippen LogP contribution in [0.5, 0.6) is 0 Å². The summed E-state index contributed by atoms with van der Waals surface area (Å²) in [6, 6.07) is 6.02. The molecule has 51 valence electrons. The van der Waals surface area contributed by atoms with Gasteiger partial charge in [-0.2, -0.15) is 0 Å². The van der Waals surface area contributed by atoms with Crippen LogP contribution in [0.2, 0.25) is 5.02 Å². The van der Waals surface area contributed by atoms with Gasteiger partial charge in [0.25, 0.3) is 0 Å². The van der Waals surface area contributed by atoms with Gasteiger partial charge in [-0.25, -0.2) is 0 Å². The van der Waals surface area contributed by atoms with Crippen LogP contribution in [0.15, 0.2) is 18.2 Å². The van der Waals surface area contributed by atoms with Gasteiger partial charge in [-0.05, 0) is 17.7 Å². The highest BCUT2D eigenvalue weighted by molar-refractivity contribution is 6.35. The summed E-state index contributed by atoms with van der Waals surface area (Å²) < 4.78 is 0. The van der Waals surface area contributed by atoms with Crippen LogP contribution >= 0.6 is 11.6 Å². The van der Waals surface area contributed by atoms with E-state index in [1.54, 1.807) is 0 Å². The monoisotopic (exact) mass is 155 g/mol. The Morgan fingerprint density at radius 2 is 1.90 bits per heavy atom. The predicted molar refractivity (Wildman–Crippen MR) is 40.6 cm³/mol. The van der Waals surface area contributed by atoms with Gasteiger partial charge < -0.3 is 10.0 Å². The number of benzene rings is 1. The van der Waals surface area contributed by atoms with Crippen LogP contribution < -0.4 is 0 Å². The first kappa shape index (κ1) is 7.60. The molecule has 0 amide bonds. The second kappa shape index (κ2) is 3.06. The van der Waals surface area contributed by atoms with Gasteiger partial charge in [0.2, 0.25) is 0 Å². The Morgan fingerprint density at radius 3 is 2.00 bits per heavy atom. The molecule has 2 nitrogen and oxygen atoms in total. The minimum atomic E-state index is 0. The van der Waals surface area contributed by atoms with Crippen LogP contribution in [-0.2, 0) is 0 Å². The maximum atomic E-state index is 7.00. The molecule has 0 fully saturated rings. The van der Waals surface area contributed by atoms with Crippen molar-refractivity contribution in [1.82, 2.24) is 0 Å². The van der Waals surface area contributed by atoms with Gasteiger partial charge >= 0.3 is 7.69 Å². The van der Waals surface area contributed by atoms with Crippen molar-refractivity contribution in [2.45, 2.75) is 0 Å². The standard InChI is InChI=1S/C6H3Cl.BH2O2/c7-6-2-1-4-3-5(4)6;2-1-3/h1-3H;2-3H. The van der Waals surface area contributed by atoms with Crippen LogP contribution in [0.4, 0.5) is 0 Å². The van der Waals surface area contributed by atoms with Crippen LogP contribution in [0.3, 0.4) is 0 Å². The third kappa shape index (κ3) is 1.50. The molecular weight excluding hydrogens is 150 g/mol. The van der Waals surface area contributed by atoms with Gasteiger partial charge in [0.1, 0.15) is 0 Å². The first-order chi connectivity index (χ1) is 4.79. The van der Waals surface area contributed by atoms with Gasteiger partial charge in [0.05, 0.1) is 0 Å². The third-order valence-corrected chi connectivity index (χ3v) is 1.52. The van der Waals surface area contributed by atoms with E-state index in [2.05, 4.69) is 6.07 Å². The predicted octanol–water partition coefficient (Wildman–Crippen LogP) is 0.826. The fourth-order valence-corrected chi connectivity index (χ4v) is 0.944. The van der Waals surface area contributed by atoms with Crippen molar-refractivity contribution in [3.05, 3.63) is 23.2 Å². The molecule has 2 N–H and O–H groups in total. The molecule has 0 aromatic heterocycles. The van der Waals surface area contributed by atoms with Gasteiger partial charge in [0, 0.05) is 10.6 Å². The van der Waals surface area contributed by atoms with E-state index >= 15 is 0 Å². The normalized spacial score (nSPS) is 9.50. The van der Waals surface area contributed by atoms with Crippen LogP contribution in [0.1, 0.15) is 0 Å².